The summed E-state index contributed by atoms with van der Waals surface area (Å²) in [6, 6.07) is 12.0. The minimum absolute atomic E-state index is 0.0138. The Bertz CT molecular complexity index is 1000. The zero-order valence-corrected chi connectivity index (χ0v) is 16.1. The molecule has 8 heteroatoms. The summed E-state index contributed by atoms with van der Waals surface area (Å²) in [4.78, 5) is 24.0. The number of hydrogen-bond donors (Lipinski definition) is 3. The lowest BCUT2D eigenvalue weighted by atomic mass is 10.1. The number of carbonyl (C=O) groups excluding carboxylic acids is 2. The number of hydrazine groups is 1. The quantitative estimate of drug-likeness (QED) is 0.552. The summed E-state index contributed by atoms with van der Waals surface area (Å²) in [5, 5.41) is 3.55. The van der Waals surface area contributed by atoms with E-state index in [4.69, 9.17) is 9.15 Å². The number of urea groups is 1. The van der Waals surface area contributed by atoms with Gasteiger partial charge in [0.1, 0.15) is 11.6 Å². The first-order chi connectivity index (χ1) is 14.0. The highest BCUT2D eigenvalue weighted by Gasteiger charge is 2.16. The lowest BCUT2D eigenvalue weighted by molar-refractivity contribution is -0.121. The van der Waals surface area contributed by atoms with Crippen LogP contribution >= 0.6 is 0 Å². The van der Waals surface area contributed by atoms with Crippen LogP contribution in [0.2, 0.25) is 0 Å². The van der Waals surface area contributed by atoms with Crippen LogP contribution in [0.5, 0.6) is 5.75 Å². The Labute approximate surface area is 167 Å². The highest BCUT2D eigenvalue weighted by molar-refractivity contribution is 5.84. The van der Waals surface area contributed by atoms with Crippen LogP contribution in [0, 0.1) is 5.82 Å². The van der Waals surface area contributed by atoms with Gasteiger partial charge in [-0.05, 0) is 43.7 Å². The first-order valence-electron chi connectivity index (χ1n) is 9.21. The molecule has 0 saturated heterocycles. The van der Waals surface area contributed by atoms with Gasteiger partial charge in [-0.25, -0.2) is 14.6 Å². The maximum absolute atomic E-state index is 12.9. The van der Waals surface area contributed by atoms with Gasteiger partial charge in [0.25, 0.3) is 0 Å². The number of halogens is 1. The van der Waals surface area contributed by atoms with Crippen molar-refractivity contribution in [2.24, 2.45) is 0 Å². The Morgan fingerprint density at radius 2 is 1.90 bits per heavy atom. The van der Waals surface area contributed by atoms with E-state index < -0.39 is 18.0 Å². The molecule has 3 N–H and O–H groups in total. The van der Waals surface area contributed by atoms with E-state index in [0.717, 1.165) is 5.39 Å². The molecule has 3 rings (SSSR count). The fraction of sp³-hybridized carbons (Fsp3) is 0.238. The topological polar surface area (TPSA) is 92.6 Å². The molecule has 0 aliphatic heterocycles. The van der Waals surface area contributed by atoms with E-state index >= 15 is 0 Å². The van der Waals surface area contributed by atoms with Crippen molar-refractivity contribution in [3.05, 3.63) is 65.7 Å². The van der Waals surface area contributed by atoms with E-state index in [-0.39, 0.29) is 12.2 Å². The minimum atomic E-state index is -0.588. The van der Waals surface area contributed by atoms with Crippen LogP contribution < -0.4 is 20.9 Å². The Morgan fingerprint density at radius 1 is 1.14 bits per heavy atom. The summed E-state index contributed by atoms with van der Waals surface area (Å²) in [5.41, 5.74) is 5.85. The monoisotopic (exact) mass is 399 g/mol. The predicted octanol–water partition coefficient (Wildman–Crippen LogP) is 3.60. The number of amides is 3. The SMILES string of the molecule is CCOc1cccc2cc(C(C)NC(=O)NNC(=O)Cc3ccc(F)cc3)oc12. The summed E-state index contributed by atoms with van der Waals surface area (Å²) in [5.74, 6) is 0.394. The molecule has 0 spiro atoms. The van der Waals surface area contributed by atoms with E-state index in [1.54, 1.807) is 6.92 Å². The average Bonchev–Trinajstić information content (AvgIpc) is 3.14. The van der Waals surface area contributed by atoms with Crippen molar-refractivity contribution < 1.29 is 23.1 Å². The van der Waals surface area contributed by atoms with Crippen LogP contribution in [0.25, 0.3) is 11.0 Å². The number of para-hydroxylation sites is 1. The second kappa shape index (κ2) is 9.09. The van der Waals surface area contributed by atoms with Crippen molar-refractivity contribution in [3.8, 4) is 5.75 Å². The molecule has 0 radical (unpaired) electrons. The summed E-state index contributed by atoms with van der Waals surface area (Å²) in [6.07, 6.45) is 0.0138. The molecule has 0 bridgehead atoms. The van der Waals surface area contributed by atoms with E-state index in [1.807, 2.05) is 31.2 Å². The smallest absolute Gasteiger partial charge is 0.334 e. The van der Waals surface area contributed by atoms with E-state index in [0.29, 0.717) is 29.3 Å². The van der Waals surface area contributed by atoms with E-state index in [1.165, 1.54) is 24.3 Å². The molecule has 7 nitrogen and oxygen atoms in total. The fourth-order valence-electron chi connectivity index (χ4n) is 2.80. The average molecular weight is 399 g/mol. The minimum Gasteiger partial charge on any atom is -0.490 e. The van der Waals surface area contributed by atoms with Gasteiger partial charge in [-0.3, -0.25) is 10.2 Å². The molecule has 1 atom stereocenters. The van der Waals surface area contributed by atoms with Gasteiger partial charge < -0.3 is 14.5 Å². The predicted molar refractivity (Wildman–Crippen MR) is 106 cm³/mol. The number of carbonyl (C=O) groups is 2. The third-order valence-corrected chi connectivity index (χ3v) is 4.19. The normalized spacial score (nSPS) is 11.7. The van der Waals surface area contributed by atoms with Gasteiger partial charge in [-0.1, -0.05) is 24.3 Å². The summed E-state index contributed by atoms with van der Waals surface area (Å²) in [6.45, 7) is 4.17. The van der Waals surface area contributed by atoms with Gasteiger partial charge in [0, 0.05) is 5.39 Å². The second-order valence-corrected chi connectivity index (χ2v) is 6.43. The van der Waals surface area contributed by atoms with Gasteiger partial charge in [0.15, 0.2) is 11.3 Å². The maximum atomic E-state index is 12.9. The molecular formula is C21H22FN3O4. The number of rotatable bonds is 6. The standard InChI is InChI=1S/C21H22FN3O4/c1-3-28-17-6-4-5-15-12-18(29-20(15)17)13(2)23-21(27)25-24-19(26)11-14-7-9-16(22)10-8-14/h4-10,12-13H,3,11H2,1-2H3,(H,24,26)(H2,23,25,27). The van der Waals surface area contributed by atoms with E-state index in [9.17, 15) is 14.0 Å². The first-order valence-corrected chi connectivity index (χ1v) is 9.21. The summed E-state index contributed by atoms with van der Waals surface area (Å²) in [7, 11) is 0. The number of hydrogen-bond acceptors (Lipinski definition) is 4. The van der Waals surface area contributed by atoms with Crippen molar-refractivity contribution >= 4 is 22.9 Å². The summed E-state index contributed by atoms with van der Waals surface area (Å²) >= 11 is 0. The molecule has 1 heterocycles. The van der Waals surface area contributed by atoms with Crippen LogP contribution in [0.1, 0.15) is 31.2 Å². The molecule has 0 fully saturated rings. The summed E-state index contributed by atoms with van der Waals surface area (Å²) < 4.78 is 24.3. The lowest BCUT2D eigenvalue weighted by Crippen LogP contribution is -2.47. The Balaban J connectivity index is 1.53. The van der Waals surface area contributed by atoms with Gasteiger partial charge in [-0.15, -0.1) is 0 Å². The van der Waals surface area contributed by atoms with Crippen LogP contribution in [0.4, 0.5) is 9.18 Å². The van der Waals surface area contributed by atoms with Crippen LogP contribution in [0.3, 0.4) is 0 Å². The molecule has 0 aliphatic rings. The zero-order valence-electron chi connectivity index (χ0n) is 16.1. The zero-order chi connectivity index (χ0) is 20.8. The number of fused-ring (bicyclic) bond motifs is 1. The Kier molecular flexibility index (Phi) is 6.33. The van der Waals surface area contributed by atoms with Crippen molar-refractivity contribution in [1.29, 1.82) is 0 Å². The third kappa shape index (κ3) is 5.25. The van der Waals surface area contributed by atoms with Crippen molar-refractivity contribution in [2.75, 3.05) is 6.61 Å². The molecular weight excluding hydrogens is 377 g/mol. The fourth-order valence-corrected chi connectivity index (χ4v) is 2.80. The Morgan fingerprint density at radius 3 is 2.62 bits per heavy atom. The van der Waals surface area contributed by atoms with Gasteiger partial charge in [-0.2, -0.15) is 0 Å². The van der Waals surface area contributed by atoms with Crippen LogP contribution in [-0.2, 0) is 11.2 Å². The van der Waals surface area contributed by atoms with Crippen molar-refractivity contribution in [1.82, 2.24) is 16.2 Å². The molecule has 0 saturated carbocycles. The van der Waals surface area contributed by atoms with Gasteiger partial charge in [0.05, 0.1) is 19.1 Å². The highest BCUT2D eigenvalue weighted by atomic mass is 19.1. The molecule has 2 aromatic carbocycles. The van der Waals surface area contributed by atoms with Crippen LogP contribution in [-0.4, -0.2) is 18.5 Å². The lowest BCUT2D eigenvalue weighted by Gasteiger charge is -2.13. The molecule has 0 aliphatic carbocycles. The molecule has 152 valence electrons. The van der Waals surface area contributed by atoms with Gasteiger partial charge >= 0.3 is 6.03 Å². The van der Waals surface area contributed by atoms with E-state index in [2.05, 4.69) is 16.2 Å². The van der Waals surface area contributed by atoms with Crippen LogP contribution in [0.15, 0.2) is 52.9 Å². The molecule has 1 aromatic heterocycles. The largest absolute Gasteiger partial charge is 0.490 e. The molecule has 3 aromatic rings. The highest BCUT2D eigenvalue weighted by Crippen LogP contribution is 2.31. The number of ether oxygens (including phenoxy) is 1. The second-order valence-electron chi connectivity index (χ2n) is 6.43. The molecule has 3 amide bonds. The maximum Gasteiger partial charge on any atom is 0.334 e. The number of nitrogens with one attached hydrogen (secondary N) is 3. The van der Waals surface area contributed by atoms with Crippen molar-refractivity contribution in [3.63, 3.8) is 0 Å². The molecule has 29 heavy (non-hydrogen) atoms. The first kappa shape index (κ1) is 20.2. The molecule has 1 unspecified atom stereocenters. The number of benzene rings is 2. The van der Waals surface area contributed by atoms with Crippen molar-refractivity contribution in [2.45, 2.75) is 26.3 Å². The van der Waals surface area contributed by atoms with Gasteiger partial charge in [0.2, 0.25) is 5.91 Å². The number of furan rings is 1. The third-order valence-electron chi connectivity index (χ3n) is 4.19. The Hall–Kier alpha value is -3.55.